The summed E-state index contributed by atoms with van der Waals surface area (Å²) >= 11 is 3.26. The number of nitrogens with zero attached hydrogens (tertiary/aromatic N) is 1. The Morgan fingerprint density at radius 1 is 1.41 bits per heavy atom. The van der Waals surface area contributed by atoms with Crippen LogP contribution in [-0.4, -0.2) is 19.0 Å². The van der Waals surface area contributed by atoms with Crippen LogP contribution in [0.1, 0.15) is 19.4 Å². The van der Waals surface area contributed by atoms with Gasteiger partial charge in [0.15, 0.2) is 5.96 Å². The van der Waals surface area contributed by atoms with Gasteiger partial charge in [-0.2, -0.15) is 0 Å². The largest absolute Gasteiger partial charge is 0.354 e. The fraction of sp³-hybridized carbons (Fsp3) is 0.417. The van der Waals surface area contributed by atoms with E-state index in [2.05, 4.69) is 31.6 Å². The number of benzene rings is 1. The van der Waals surface area contributed by atoms with Crippen molar-refractivity contribution in [2.24, 2.45) is 4.99 Å². The van der Waals surface area contributed by atoms with Crippen LogP contribution >= 0.6 is 15.9 Å². The highest BCUT2D eigenvalue weighted by Crippen LogP contribution is 2.14. The number of hydrogen-bond acceptors (Lipinski definition) is 1. The highest BCUT2D eigenvalue weighted by atomic mass is 79.9. The molecular weight excluding hydrogens is 285 g/mol. The topological polar surface area (TPSA) is 36.4 Å². The van der Waals surface area contributed by atoms with Crippen LogP contribution in [0.15, 0.2) is 27.7 Å². The van der Waals surface area contributed by atoms with Crippen LogP contribution in [0, 0.1) is 5.82 Å². The third kappa shape index (κ3) is 5.17. The first-order valence-corrected chi connectivity index (χ1v) is 6.22. The minimum atomic E-state index is -0.247. The van der Waals surface area contributed by atoms with Gasteiger partial charge >= 0.3 is 0 Å². The minimum Gasteiger partial charge on any atom is -0.354 e. The summed E-state index contributed by atoms with van der Waals surface area (Å²) in [5, 5.41) is 6.29. The molecule has 2 N–H and O–H groups in total. The third-order valence-electron chi connectivity index (χ3n) is 2.03. The standard InChI is InChI=1S/C12H17BrFN3/c1-8(2)17-12(15-3)16-7-9-4-10(13)6-11(14)5-9/h4-6,8H,7H2,1-3H3,(H2,15,16,17). The molecule has 0 bridgehead atoms. The lowest BCUT2D eigenvalue weighted by Crippen LogP contribution is -2.40. The molecule has 0 saturated heterocycles. The van der Waals surface area contributed by atoms with E-state index in [1.807, 2.05) is 19.9 Å². The Morgan fingerprint density at radius 2 is 2.12 bits per heavy atom. The number of nitrogens with one attached hydrogen (secondary N) is 2. The van der Waals surface area contributed by atoms with Gasteiger partial charge in [0.25, 0.3) is 0 Å². The Labute approximate surface area is 110 Å². The molecule has 94 valence electrons. The van der Waals surface area contributed by atoms with Crippen LogP contribution in [0.5, 0.6) is 0 Å². The second-order valence-corrected chi connectivity index (χ2v) is 4.92. The zero-order chi connectivity index (χ0) is 12.8. The van der Waals surface area contributed by atoms with E-state index in [-0.39, 0.29) is 5.82 Å². The van der Waals surface area contributed by atoms with Crippen molar-refractivity contribution < 1.29 is 4.39 Å². The molecular formula is C12H17BrFN3. The van der Waals surface area contributed by atoms with Crippen LogP contribution in [-0.2, 0) is 6.54 Å². The molecule has 0 aliphatic rings. The number of halogens is 2. The lowest BCUT2D eigenvalue weighted by molar-refractivity contribution is 0.623. The molecule has 0 atom stereocenters. The first-order chi connectivity index (χ1) is 8.01. The Hall–Kier alpha value is -1.10. The molecule has 17 heavy (non-hydrogen) atoms. The molecule has 0 unspecified atom stereocenters. The first kappa shape index (κ1) is 14.0. The SMILES string of the molecule is CN=C(NCc1cc(F)cc(Br)c1)NC(C)C. The van der Waals surface area contributed by atoms with E-state index in [9.17, 15) is 4.39 Å². The molecule has 3 nitrogen and oxygen atoms in total. The van der Waals surface area contributed by atoms with Gasteiger partial charge in [-0.1, -0.05) is 15.9 Å². The smallest absolute Gasteiger partial charge is 0.191 e. The van der Waals surface area contributed by atoms with Crippen molar-refractivity contribution in [3.8, 4) is 0 Å². The van der Waals surface area contributed by atoms with Crippen molar-refractivity contribution in [3.63, 3.8) is 0 Å². The minimum absolute atomic E-state index is 0.247. The lowest BCUT2D eigenvalue weighted by Gasteiger charge is -2.14. The average molecular weight is 302 g/mol. The summed E-state index contributed by atoms with van der Waals surface area (Å²) in [7, 11) is 1.71. The maximum Gasteiger partial charge on any atom is 0.191 e. The molecule has 0 aliphatic heterocycles. The van der Waals surface area contributed by atoms with E-state index in [0.29, 0.717) is 18.5 Å². The zero-order valence-electron chi connectivity index (χ0n) is 10.2. The monoisotopic (exact) mass is 301 g/mol. The van der Waals surface area contributed by atoms with E-state index in [1.54, 1.807) is 7.05 Å². The van der Waals surface area contributed by atoms with Crippen molar-refractivity contribution in [3.05, 3.63) is 34.1 Å². The number of rotatable bonds is 3. The van der Waals surface area contributed by atoms with E-state index in [1.165, 1.54) is 12.1 Å². The van der Waals surface area contributed by atoms with Gasteiger partial charge in [0.2, 0.25) is 0 Å². The van der Waals surface area contributed by atoms with Gasteiger partial charge in [-0.3, -0.25) is 4.99 Å². The van der Waals surface area contributed by atoms with E-state index >= 15 is 0 Å². The molecule has 0 spiro atoms. The summed E-state index contributed by atoms with van der Waals surface area (Å²) in [6.07, 6.45) is 0. The molecule has 0 aromatic heterocycles. The normalized spacial score (nSPS) is 11.8. The Balaban J connectivity index is 2.60. The predicted octanol–water partition coefficient (Wildman–Crippen LogP) is 2.66. The van der Waals surface area contributed by atoms with Crippen LogP contribution in [0.2, 0.25) is 0 Å². The van der Waals surface area contributed by atoms with Crippen LogP contribution in [0.3, 0.4) is 0 Å². The maximum absolute atomic E-state index is 13.1. The summed E-state index contributed by atoms with van der Waals surface area (Å²) in [6.45, 7) is 4.60. The van der Waals surface area contributed by atoms with Crippen molar-refractivity contribution in [2.45, 2.75) is 26.4 Å². The van der Waals surface area contributed by atoms with E-state index in [4.69, 9.17) is 0 Å². The maximum atomic E-state index is 13.1. The molecule has 1 aromatic rings. The second kappa shape index (κ2) is 6.59. The van der Waals surface area contributed by atoms with Crippen molar-refractivity contribution in [1.29, 1.82) is 0 Å². The molecule has 0 radical (unpaired) electrons. The zero-order valence-corrected chi connectivity index (χ0v) is 11.8. The number of aliphatic imine (C=N–C) groups is 1. The fourth-order valence-electron chi connectivity index (χ4n) is 1.37. The Kier molecular flexibility index (Phi) is 5.41. The van der Waals surface area contributed by atoms with Gasteiger partial charge in [-0.25, -0.2) is 4.39 Å². The molecule has 0 fully saturated rings. The highest BCUT2D eigenvalue weighted by molar-refractivity contribution is 9.10. The van der Waals surface area contributed by atoms with Gasteiger partial charge in [0.05, 0.1) is 0 Å². The second-order valence-electron chi connectivity index (χ2n) is 4.00. The van der Waals surface area contributed by atoms with Gasteiger partial charge in [-0.15, -0.1) is 0 Å². The molecule has 0 aliphatic carbocycles. The van der Waals surface area contributed by atoms with Crippen LogP contribution < -0.4 is 10.6 Å². The van der Waals surface area contributed by atoms with Crippen LogP contribution in [0.25, 0.3) is 0 Å². The van der Waals surface area contributed by atoms with Crippen molar-refractivity contribution in [2.75, 3.05) is 7.05 Å². The van der Waals surface area contributed by atoms with Gasteiger partial charge in [0, 0.05) is 24.1 Å². The van der Waals surface area contributed by atoms with E-state index < -0.39 is 0 Å². The summed E-state index contributed by atoms with van der Waals surface area (Å²) < 4.78 is 13.9. The fourth-order valence-corrected chi connectivity index (χ4v) is 1.88. The number of hydrogen-bond donors (Lipinski definition) is 2. The molecule has 0 saturated carbocycles. The third-order valence-corrected chi connectivity index (χ3v) is 2.49. The first-order valence-electron chi connectivity index (χ1n) is 5.43. The Morgan fingerprint density at radius 3 is 2.65 bits per heavy atom. The Bertz CT molecular complexity index is 384. The van der Waals surface area contributed by atoms with Crippen molar-refractivity contribution >= 4 is 21.9 Å². The number of guanidine groups is 1. The van der Waals surface area contributed by atoms with E-state index in [0.717, 1.165) is 10.0 Å². The average Bonchev–Trinajstić information content (AvgIpc) is 2.22. The quantitative estimate of drug-likeness (QED) is 0.665. The summed E-state index contributed by atoms with van der Waals surface area (Å²) in [4.78, 5) is 4.08. The molecule has 0 heterocycles. The molecule has 1 rings (SSSR count). The predicted molar refractivity (Wildman–Crippen MR) is 72.6 cm³/mol. The van der Waals surface area contributed by atoms with Gasteiger partial charge in [0.1, 0.15) is 5.82 Å². The molecule has 1 aromatic carbocycles. The lowest BCUT2D eigenvalue weighted by atomic mass is 10.2. The van der Waals surface area contributed by atoms with Gasteiger partial charge in [-0.05, 0) is 37.6 Å². The highest BCUT2D eigenvalue weighted by Gasteiger charge is 2.02. The summed E-state index contributed by atoms with van der Waals surface area (Å²) in [5.74, 6) is 0.461. The molecule has 0 amide bonds. The summed E-state index contributed by atoms with van der Waals surface area (Å²) in [6, 6.07) is 5.12. The van der Waals surface area contributed by atoms with Crippen molar-refractivity contribution in [1.82, 2.24) is 10.6 Å². The van der Waals surface area contributed by atoms with Gasteiger partial charge < -0.3 is 10.6 Å². The molecule has 5 heteroatoms. The van der Waals surface area contributed by atoms with Crippen LogP contribution in [0.4, 0.5) is 4.39 Å². The summed E-state index contributed by atoms with van der Waals surface area (Å²) in [5.41, 5.74) is 0.864.